The molecule has 5 heteroatoms. The van der Waals surface area contributed by atoms with Crippen LogP contribution in [-0.2, 0) is 0 Å². The number of alkyl halides is 3. The number of ether oxygens (including phenoxy) is 1. The molecule has 100 valence electrons. The van der Waals surface area contributed by atoms with Crippen molar-refractivity contribution < 1.29 is 17.9 Å². The Morgan fingerprint density at radius 2 is 2.17 bits per heavy atom. The van der Waals surface area contributed by atoms with Gasteiger partial charge in [0.05, 0.1) is 0 Å². The molecule has 1 N–H and O–H groups in total. The van der Waals surface area contributed by atoms with Crippen molar-refractivity contribution in [3.8, 4) is 5.75 Å². The summed E-state index contributed by atoms with van der Waals surface area (Å²) in [5.41, 5.74) is 1.86. The number of fused-ring (bicyclic) bond motifs is 1. The van der Waals surface area contributed by atoms with E-state index in [1.165, 1.54) is 12.1 Å². The number of halogens is 3. The van der Waals surface area contributed by atoms with Gasteiger partial charge in [-0.3, -0.25) is 0 Å². The number of hydrogen-bond donors (Lipinski definition) is 1. The van der Waals surface area contributed by atoms with Crippen molar-refractivity contribution in [2.45, 2.75) is 38.5 Å². The van der Waals surface area contributed by atoms with Crippen molar-refractivity contribution in [3.05, 3.63) is 23.8 Å². The van der Waals surface area contributed by atoms with E-state index in [9.17, 15) is 13.2 Å². The summed E-state index contributed by atoms with van der Waals surface area (Å²) in [6.45, 7) is 2.90. The quantitative estimate of drug-likeness (QED) is 0.871. The molecule has 0 fully saturated rings. The summed E-state index contributed by atoms with van der Waals surface area (Å²) in [5, 5.41) is 3.21. The topological polar surface area (TPSA) is 21.3 Å². The Morgan fingerprint density at radius 1 is 1.39 bits per heavy atom. The van der Waals surface area contributed by atoms with Crippen LogP contribution >= 0.6 is 0 Å². The molecule has 0 saturated heterocycles. The predicted molar refractivity (Wildman–Crippen MR) is 63.9 cm³/mol. The number of rotatable bonds is 4. The first-order valence-electron chi connectivity index (χ1n) is 6.13. The predicted octanol–water partition coefficient (Wildman–Crippen LogP) is 4.28. The van der Waals surface area contributed by atoms with Crippen LogP contribution < -0.4 is 10.1 Å². The van der Waals surface area contributed by atoms with E-state index in [0.717, 1.165) is 37.1 Å². The van der Waals surface area contributed by atoms with E-state index in [1.54, 1.807) is 6.07 Å². The van der Waals surface area contributed by atoms with E-state index >= 15 is 0 Å². The summed E-state index contributed by atoms with van der Waals surface area (Å²) in [7, 11) is 0. The number of anilines is 1. The maximum Gasteiger partial charge on any atom is 0.573 e. The third-order valence-corrected chi connectivity index (χ3v) is 3.14. The fraction of sp³-hybridized carbons (Fsp3) is 0.538. The average molecular weight is 259 g/mol. The Morgan fingerprint density at radius 3 is 2.83 bits per heavy atom. The molecule has 2 rings (SSSR count). The van der Waals surface area contributed by atoms with E-state index in [-0.39, 0.29) is 11.7 Å². The summed E-state index contributed by atoms with van der Waals surface area (Å²) in [6.07, 6.45) is -1.47. The first-order chi connectivity index (χ1) is 8.49. The molecule has 0 aliphatic carbocycles. The minimum Gasteiger partial charge on any atom is -0.406 e. The molecule has 0 bridgehead atoms. The van der Waals surface area contributed by atoms with Crippen LogP contribution in [0.25, 0.3) is 0 Å². The van der Waals surface area contributed by atoms with E-state index in [2.05, 4.69) is 17.0 Å². The molecule has 1 aliphatic rings. The van der Waals surface area contributed by atoms with Gasteiger partial charge in [0.25, 0.3) is 0 Å². The van der Waals surface area contributed by atoms with Gasteiger partial charge in [-0.25, -0.2) is 0 Å². The third-order valence-electron chi connectivity index (χ3n) is 3.14. The van der Waals surface area contributed by atoms with Crippen LogP contribution in [0.4, 0.5) is 18.9 Å². The second kappa shape index (κ2) is 5.08. The largest absolute Gasteiger partial charge is 0.573 e. The van der Waals surface area contributed by atoms with Crippen LogP contribution in [0.1, 0.15) is 37.7 Å². The zero-order valence-electron chi connectivity index (χ0n) is 10.2. The summed E-state index contributed by atoms with van der Waals surface area (Å²) in [6, 6.07) is 4.51. The van der Waals surface area contributed by atoms with Gasteiger partial charge < -0.3 is 10.1 Å². The fourth-order valence-corrected chi connectivity index (χ4v) is 2.29. The normalized spacial score (nSPS) is 18.3. The monoisotopic (exact) mass is 259 g/mol. The molecule has 1 unspecified atom stereocenters. The van der Waals surface area contributed by atoms with Gasteiger partial charge in [0, 0.05) is 18.2 Å². The lowest BCUT2D eigenvalue weighted by Gasteiger charge is -2.12. The summed E-state index contributed by atoms with van der Waals surface area (Å²) in [5.74, 6) is 0.156. The first kappa shape index (κ1) is 13.1. The summed E-state index contributed by atoms with van der Waals surface area (Å²) < 4.78 is 40.4. The number of hydrogen-bond acceptors (Lipinski definition) is 2. The van der Waals surface area contributed by atoms with E-state index in [4.69, 9.17) is 0 Å². The molecule has 1 aromatic rings. The maximum atomic E-state index is 12.2. The van der Waals surface area contributed by atoms with Gasteiger partial charge in [-0.1, -0.05) is 19.8 Å². The van der Waals surface area contributed by atoms with Crippen molar-refractivity contribution in [3.63, 3.8) is 0 Å². The molecule has 0 aromatic heterocycles. The van der Waals surface area contributed by atoms with E-state index in [1.807, 2.05) is 0 Å². The maximum absolute atomic E-state index is 12.2. The molecular weight excluding hydrogens is 243 g/mol. The van der Waals surface area contributed by atoms with Gasteiger partial charge in [-0.05, 0) is 30.2 Å². The lowest BCUT2D eigenvalue weighted by Crippen LogP contribution is -2.17. The van der Waals surface area contributed by atoms with Crippen molar-refractivity contribution >= 4 is 5.69 Å². The molecule has 1 heterocycles. The molecule has 0 radical (unpaired) electrons. The summed E-state index contributed by atoms with van der Waals surface area (Å²) >= 11 is 0. The van der Waals surface area contributed by atoms with Gasteiger partial charge in [-0.15, -0.1) is 13.2 Å². The number of benzene rings is 1. The highest BCUT2D eigenvalue weighted by atomic mass is 19.4. The minimum atomic E-state index is -4.63. The molecule has 0 amide bonds. The van der Waals surface area contributed by atoms with Gasteiger partial charge >= 0.3 is 6.36 Å². The van der Waals surface area contributed by atoms with Gasteiger partial charge in [0.15, 0.2) is 0 Å². The minimum absolute atomic E-state index is 0.133. The third kappa shape index (κ3) is 3.09. The zero-order valence-corrected chi connectivity index (χ0v) is 10.2. The molecule has 1 aliphatic heterocycles. The molecule has 0 spiro atoms. The highest BCUT2D eigenvalue weighted by Gasteiger charge is 2.32. The Balaban J connectivity index is 2.14. The van der Waals surface area contributed by atoms with E-state index < -0.39 is 6.36 Å². The molecule has 1 atom stereocenters. The van der Waals surface area contributed by atoms with Crippen molar-refractivity contribution in [2.75, 3.05) is 11.9 Å². The van der Waals surface area contributed by atoms with E-state index in [0.29, 0.717) is 0 Å². The number of unbranched alkanes of at least 4 members (excludes halogenated alkanes) is 1. The molecular formula is C13H16F3NO. The Hall–Kier alpha value is -1.39. The summed E-state index contributed by atoms with van der Waals surface area (Å²) in [4.78, 5) is 0. The molecule has 0 saturated carbocycles. The Kier molecular flexibility index (Phi) is 3.68. The average Bonchev–Trinajstić information content (AvgIpc) is 2.67. The van der Waals surface area contributed by atoms with Gasteiger partial charge in [0.1, 0.15) is 5.75 Å². The second-order valence-electron chi connectivity index (χ2n) is 4.52. The Bertz CT molecular complexity index is 417. The first-order valence-corrected chi connectivity index (χ1v) is 6.13. The smallest absolute Gasteiger partial charge is 0.406 e. The number of nitrogens with one attached hydrogen (secondary N) is 1. The van der Waals surface area contributed by atoms with Gasteiger partial charge in [0.2, 0.25) is 0 Å². The highest BCUT2D eigenvalue weighted by Crippen LogP contribution is 2.38. The molecule has 2 nitrogen and oxygen atoms in total. The van der Waals surface area contributed by atoms with Crippen molar-refractivity contribution in [1.29, 1.82) is 0 Å². The molecule has 1 aromatic carbocycles. The SMILES string of the molecule is CCCCC1CNc2ccc(OC(F)(F)F)cc21. The molecule has 18 heavy (non-hydrogen) atoms. The highest BCUT2D eigenvalue weighted by molar-refractivity contribution is 5.60. The van der Waals surface area contributed by atoms with Crippen molar-refractivity contribution in [2.24, 2.45) is 0 Å². The van der Waals surface area contributed by atoms with Crippen LogP contribution in [0.2, 0.25) is 0 Å². The van der Waals surface area contributed by atoms with Crippen LogP contribution in [0.3, 0.4) is 0 Å². The van der Waals surface area contributed by atoms with Gasteiger partial charge in [-0.2, -0.15) is 0 Å². The standard InChI is InChI=1S/C13H16F3NO/c1-2-3-4-9-8-17-12-6-5-10(7-11(9)12)18-13(14,15)16/h5-7,9,17H,2-4,8H2,1H3. The van der Waals surface area contributed by atoms with Crippen molar-refractivity contribution in [1.82, 2.24) is 0 Å². The van der Waals surface area contributed by atoms with Crippen LogP contribution in [0.5, 0.6) is 5.75 Å². The van der Waals surface area contributed by atoms with Crippen LogP contribution in [0.15, 0.2) is 18.2 Å². The van der Waals surface area contributed by atoms with Crippen LogP contribution in [-0.4, -0.2) is 12.9 Å². The Labute approximate surface area is 104 Å². The second-order valence-corrected chi connectivity index (χ2v) is 4.52. The van der Waals surface area contributed by atoms with Crippen LogP contribution in [0, 0.1) is 0 Å². The zero-order chi connectivity index (χ0) is 13.2. The fourth-order valence-electron chi connectivity index (χ4n) is 2.29. The lowest BCUT2D eigenvalue weighted by atomic mass is 9.95. The lowest BCUT2D eigenvalue weighted by molar-refractivity contribution is -0.274.